The summed E-state index contributed by atoms with van der Waals surface area (Å²) in [6, 6.07) is 15.7. The quantitative estimate of drug-likeness (QED) is 0.225. The SMILES string of the molecule is CCC[N+](CCC)(CCc1ccc(OCc2ccccc2)c([N+](=O)[O-])c1)C(C)CC. The van der Waals surface area contributed by atoms with Crippen LogP contribution in [0.15, 0.2) is 48.5 Å². The second-order valence-corrected chi connectivity index (χ2v) is 8.23. The largest absolute Gasteiger partial charge is 0.482 e. The molecule has 0 aromatic heterocycles. The second-order valence-electron chi connectivity index (χ2n) is 8.23. The average molecular weight is 414 g/mol. The summed E-state index contributed by atoms with van der Waals surface area (Å²) in [5, 5.41) is 11.7. The van der Waals surface area contributed by atoms with Crippen LogP contribution in [0.4, 0.5) is 5.69 Å². The maximum absolute atomic E-state index is 11.7. The first-order chi connectivity index (χ1) is 14.5. The molecule has 5 heteroatoms. The number of ether oxygens (including phenoxy) is 1. The molecule has 164 valence electrons. The van der Waals surface area contributed by atoms with Gasteiger partial charge in [0.15, 0.2) is 5.75 Å². The van der Waals surface area contributed by atoms with Gasteiger partial charge in [-0.15, -0.1) is 0 Å². The summed E-state index contributed by atoms with van der Waals surface area (Å²) in [6.45, 7) is 12.7. The van der Waals surface area contributed by atoms with Crippen LogP contribution in [0, 0.1) is 10.1 Å². The lowest BCUT2D eigenvalue weighted by Crippen LogP contribution is -2.56. The molecular formula is C25H37N2O3+. The number of benzene rings is 2. The number of nitro benzene ring substituents is 1. The number of hydrogen-bond acceptors (Lipinski definition) is 3. The van der Waals surface area contributed by atoms with E-state index in [0.29, 0.717) is 18.4 Å². The zero-order chi connectivity index (χ0) is 22.0. The van der Waals surface area contributed by atoms with Crippen molar-refractivity contribution in [2.75, 3.05) is 19.6 Å². The normalized spacial score (nSPS) is 12.5. The molecule has 0 aliphatic carbocycles. The van der Waals surface area contributed by atoms with Crippen LogP contribution in [0.25, 0.3) is 0 Å². The summed E-state index contributed by atoms with van der Waals surface area (Å²) in [7, 11) is 0. The van der Waals surface area contributed by atoms with E-state index in [9.17, 15) is 10.1 Å². The zero-order valence-corrected chi connectivity index (χ0v) is 19.0. The molecule has 5 nitrogen and oxygen atoms in total. The summed E-state index contributed by atoms with van der Waals surface area (Å²) in [4.78, 5) is 11.3. The van der Waals surface area contributed by atoms with Crippen LogP contribution in [0.3, 0.4) is 0 Å². The number of nitrogens with zero attached hydrogens (tertiary/aromatic N) is 2. The Morgan fingerprint density at radius 1 is 0.967 bits per heavy atom. The zero-order valence-electron chi connectivity index (χ0n) is 19.0. The summed E-state index contributed by atoms with van der Waals surface area (Å²) < 4.78 is 6.86. The Bertz CT molecular complexity index is 786. The first-order valence-corrected chi connectivity index (χ1v) is 11.3. The van der Waals surface area contributed by atoms with Gasteiger partial charge in [0.05, 0.1) is 30.6 Å². The molecule has 0 saturated carbocycles. The molecule has 0 saturated heterocycles. The van der Waals surface area contributed by atoms with Gasteiger partial charge in [0, 0.05) is 12.5 Å². The van der Waals surface area contributed by atoms with Crippen LogP contribution in [0.5, 0.6) is 5.75 Å². The molecule has 0 amide bonds. The Kier molecular flexibility index (Phi) is 9.31. The minimum Gasteiger partial charge on any atom is -0.482 e. The minimum absolute atomic E-state index is 0.0519. The number of nitro groups is 1. The molecule has 0 aliphatic heterocycles. The van der Waals surface area contributed by atoms with Gasteiger partial charge < -0.3 is 9.22 Å². The molecule has 1 atom stereocenters. The number of quaternary nitrogens is 1. The summed E-state index contributed by atoms with van der Waals surface area (Å²) in [5.74, 6) is 0.331. The van der Waals surface area contributed by atoms with Gasteiger partial charge in [-0.2, -0.15) is 0 Å². The van der Waals surface area contributed by atoms with Crippen molar-refractivity contribution in [3.05, 3.63) is 69.8 Å². The third-order valence-corrected chi connectivity index (χ3v) is 6.17. The van der Waals surface area contributed by atoms with E-state index in [1.54, 1.807) is 12.1 Å². The summed E-state index contributed by atoms with van der Waals surface area (Å²) in [5.41, 5.74) is 2.05. The van der Waals surface area contributed by atoms with Gasteiger partial charge in [0.25, 0.3) is 0 Å². The van der Waals surface area contributed by atoms with Crippen molar-refractivity contribution < 1.29 is 14.1 Å². The highest BCUT2D eigenvalue weighted by Crippen LogP contribution is 2.30. The fourth-order valence-electron chi connectivity index (χ4n) is 4.34. The van der Waals surface area contributed by atoms with Gasteiger partial charge in [-0.1, -0.05) is 57.2 Å². The molecule has 0 N–H and O–H groups in total. The van der Waals surface area contributed by atoms with E-state index in [0.717, 1.165) is 60.9 Å². The lowest BCUT2D eigenvalue weighted by Gasteiger charge is -2.43. The fraction of sp³-hybridized carbons (Fsp3) is 0.520. The average Bonchev–Trinajstić information content (AvgIpc) is 2.76. The number of rotatable bonds is 13. The van der Waals surface area contributed by atoms with E-state index in [4.69, 9.17) is 4.74 Å². The van der Waals surface area contributed by atoms with E-state index in [1.165, 1.54) is 0 Å². The highest BCUT2D eigenvalue weighted by atomic mass is 16.6. The van der Waals surface area contributed by atoms with Crippen LogP contribution in [-0.4, -0.2) is 35.1 Å². The van der Waals surface area contributed by atoms with Gasteiger partial charge in [0.1, 0.15) is 6.61 Å². The first kappa shape index (κ1) is 23.9. The predicted octanol–water partition coefficient (Wildman–Crippen LogP) is 6.15. The fourth-order valence-corrected chi connectivity index (χ4v) is 4.34. The standard InChI is InChI=1S/C25H37N2O3/c1-5-16-27(17-6-2,21(4)7-3)18-15-22-13-14-25(24(19-22)26(28)29)30-20-23-11-9-8-10-12-23/h8-14,19,21H,5-7,15-18,20H2,1-4H3/q+1. The van der Waals surface area contributed by atoms with Crippen LogP contribution < -0.4 is 4.74 Å². The van der Waals surface area contributed by atoms with Crippen molar-refractivity contribution in [2.45, 2.75) is 66.0 Å². The maximum atomic E-state index is 11.7. The third kappa shape index (κ3) is 6.30. The summed E-state index contributed by atoms with van der Waals surface area (Å²) in [6.07, 6.45) is 4.28. The highest BCUT2D eigenvalue weighted by Gasteiger charge is 2.31. The van der Waals surface area contributed by atoms with Crippen LogP contribution in [-0.2, 0) is 13.0 Å². The Morgan fingerprint density at radius 2 is 1.63 bits per heavy atom. The van der Waals surface area contributed by atoms with Crippen LogP contribution >= 0.6 is 0 Å². The lowest BCUT2D eigenvalue weighted by atomic mass is 10.0. The second kappa shape index (κ2) is 11.7. The topological polar surface area (TPSA) is 52.4 Å². The van der Waals surface area contributed by atoms with Gasteiger partial charge in [-0.05, 0) is 43.4 Å². The first-order valence-electron chi connectivity index (χ1n) is 11.3. The van der Waals surface area contributed by atoms with E-state index < -0.39 is 0 Å². The van der Waals surface area contributed by atoms with Gasteiger partial charge >= 0.3 is 5.69 Å². The Hall–Kier alpha value is -2.40. The molecule has 0 aliphatic rings. The molecule has 1 unspecified atom stereocenters. The highest BCUT2D eigenvalue weighted by molar-refractivity contribution is 5.48. The molecule has 0 heterocycles. The third-order valence-electron chi connectivity index (χ3n) is 6.17. The molecular weight excluding hydrogens is 376 g/mol. The van der Waals surface area contributed by atoms with E-state index in [2.05, 4.69) is 27.7 Å². The van der Waals surface area contributed by atoms with E-state index in [-0.39, 0.29) is 10.6 Å². The summed E-state index contributed by atoms with van der Waals surface area (Å²) >= 11 is 0. The van der Waals surface area contributed by atoms with Crippen LogP contribution in [0.1, 0.15) is 58.1 Å². The van der Waals surface area contributed by atoms with Crippen molar-refractivity contribution in [1.29, 1.82) is 0 Å². The van der Waals surface area contributed by atoms with Crippen LogP contribution in [0.2, 0.25) is 0 Å². The molecule has 0 spiro atoms. The van der Waals surface area contributed by atoms with Gasteiger partial charge in [-0.3, -0.25) is 10.1 Å². The molecule has 2 aromatic rings. The van der Waals surface area contributed by atoms with Gasteiger partial charge in [-0.25, -0.2) is 0 Å². The van der Waals surface area contributed by atoms with E-state index >= 15 is 0 Å². The van der Waals surface area contributed by atoms with Crippen molar-refractivity contribution in [2.24, 2.45) is 0 Å². The Balaban J connectivity index is 2.17. The minimum atomic E-state index is -0.335. The molecule has 30 heavy (non-hydrogen) atoms. The van der Waals surface area contributed by atoms with Crippen molar-refractivity contribution in [3.8, 4) is 5.75 Å². The molecule has 2 rings (SSSR count). The maximum Gasteiger partial charge on any atom is 0.311 e. The predicted molar refractivity (Wildman–Crippen MR) is 123 cm³/mol. The van der Waals surface area contributed by atoms with Crippen molar-refractivity contribution in [3.63, 3.8) is 0 Å². The van der Waals surface area contributed by atoms with Crippen molar-refractivity contribution >= 4 is 5.69 Å². The molecule has 0 bridgehead atoms. The van der Waals surface area contributed by atoms with Gasteiger partial charge in [0.2, 0.25) is 0 Å². The lowest BCUT2D eigenvalue weighted by molar-refractivity contribution is -0.949. The number of hydrogen-bond donors (Lipinski definition) is 0. The molecule has 0 radical (unpaired) electrons. The van der Waals surface area contributed by atoms with Crippen molar-refractivity contribution in [1.82, 2.24) is 0 Å². The Morgan fingerprint density at radius 3 is 2.20 bits per heavy atom. The molecule has 0 fully saturated rings. The Labute approximate surface area is 181 Å². The van der Waals surface area contributed by atoms with E-state index in [1.807, 2.05) is 36.4 Å². The smallest absolute Gasteiger partial charge is 0.311 e. The molecule has 2 aromatic carbocycles. The monoisotopic (exact) mass is 413 g/mol.